The Labute approximate surface area is 108 Å². The van der Waals surface area contributed by atoms with Gasteiger partial charge in [0, 0.05) is 0 Å². The van der Waals surface area contributed by atoms with Gasteiger partial charge in [-0.05, 0) is 25.8 Å². The number of aryl methyl sites for hydroxylation is 1. The van der Waals surface area contributed by atoms with E-state index in [9.17, 15) is 9.90 Å². The van der Waals surface area contributed by atoms with Crippen molar-refractivity contribution in [3.63, 3.8) is 0 Å². The lowest BCUT2D eigenvalue weighted by Gasteiger charge is -2.16. The van der Waals surface area contributed by atoms with Crippen LogP contribution < -0.4 is 0 Å². The molecule has 0 saturated heterocycles. The van der Waals surface area contributed by atoms with Crippen molar-refractivity contribution in [3.05, 3.63) is 47.5 Å². The van der Waals surface area contributed by atoms with Gasteiger partial charge in [-0.1, -0.05) is 43.3 Å². The molecule has 0 radical (unpaired) electrons. The van der Waals surface area contributed by atoms with Crippen LogP contribution in [-0.2, 0) is 9.53 Å². The second kappa shape index (κ2) is 6.36. The average molecular weight is 248 g/mol. The van der Waals surface area contributed by atoms with Crippen molar-refractivity contribution in [2.75, 3.05) is 0 Å². The van der Waals surface area contributed by atoms with Gasteiger partial charge in [-0.3, -0.25) is 0 Å². The second-order valence-corrected chi connectivity index (χ2v) is 4.47. The maximum atomic E-state index is 11.7. The van der Waals surface area contributed by atoms with E-state index in [0.717, 1.165) is 12.0 Å². The maximum absolute atomic E-state index is 11.7. The number of benzene rings is 1. The number of ether oxygens (including phenoxy) is 1. The molecule has 0 bridgehead atoms. The summed E-state index contributed by atoms with van der Waals surface area (Å²) in [6.07, 6.45) is -0.444. The zero-order valence-electron chi connectivity index (χ0n) is 11.1. The molecule has 0 aliphatic rings. The number of carbonyl (C=O) groups excluding carboxylic acids is 1. The molecule has 0 amide bonds. The minimum atomic E-state index is -1.01. The lowest BCUT2D eigenvalue weighted by Crippen LogP contribution is -2.19. The molecule has 0 heterocycles. The summed E-state index contributed by atoms with van der Waals surface area (Å²) in [4.78, 5) is 11.7. The Morgan fingerprint density at radius 3 is 2.72 bits per heavy atom. The van der Waals surface area contributed by atoms with Gasteiger partial charge in [-0.15, -0.1) is 0 Å². The van der Waals surface area contributed by atoms with Crippen LogP contribution in [-0.4, -0.2) is 17.2 Å². The smallest absolute Gasteiger partial charge is 0.336 e. The zero-order chi connectivity index (χ0) is 13.7. The molecule has 0 saturated carbocycles. The first-order valence-corrected chi connectivity index (χ1v) is 6.10. The van der Waals surface area contributed by atoms with E-state index >= 15 is 0 Å². The van der Waals surface area contributed by atoms with E-state index in [0.29, 0.717) is 5.56 Å². The van der Waals surface area contributed by atoms with Gasteiger partial charge < -0.3 is 9.84 Å². The van der Waals surface area contributed by atoms with Crippen LogP contribution in [0.2, 0.25) is 0 Å². The van der Waals surface area contributed by atoms with E-state index in [4.69, 9.17) is 4.74 Å². The van der Waals surface area contributed by atoms with Crippen LogP contribution in [0.1, 0.15) is 37.5 Å². The molecule has 0 aromatic heterocycles. The first kappa shape index (κ1) is 14.5. The first-order valence-electron chi connectivity index (χ1n) is 6.10. The van der Waals surface area contributed by atoms with E-state index in [1.807, 2.05) is 39.0 Å². The Balaban J connectivity index is 2.75. The van der Waals surface area contributed by atoms with Crippen LogP contribution in [0.25, 0.3) is 0 Å². The van der Waals surface area contributed by atoms with E-state index in [1.165, 1.54) is 0 Å². The van der Waals surface area contributed by atoms with Crippen LogP contribution in [0, 0.1) is 6.92 Å². The summed E-state index contributed by atoms with van der Waals surface area (Å²) in [5, 5.41) is 10.1. The number of rotatable bonds is 5. The summed E-state index contributed by atoms with van der Waals surface area (Å²) in [6, 6.07) is 7.35. The van der Waals surface area contributed by atoms with Crippen LogP contribution in [0.5, 0.6) is 0 Å². The van der Waals surface area contributed by atoms with Crippen molar-refractivity contribution in [2.45, 2.75) is 39.4 Å². The van der Waals surface area contributed by atoms with Gasteiger partial charge in [-0.25, -0.2) is 4.79 Å². The number of aliphatic hydroxyl groups is 1. The largest absolute Gasteiger partial charge is 0.459 e. The van der Waals surface area contributed by atoms with Crippen molar-refractivity contribution in [3.8, 4) is 0 Å². The third kappa shape index (κ3) is 3.70. The number of aliphatic hydroxyl groups excluding tert-OH is 1. The lowest BCUT2D eigenvalue weighted by molar-refractivity contribution is -0.144. The summed E-state index contributed by atoms with van der Waals surface area (Å²) >= 11 is 0. The minimum absolute atomic E-state index is 0.0703. The van der Waals surface area contributed by atoms with E-state index in [-0.39, 0.29) is 11.7 Å². The highest BCUT2D eigenvalue weighted by Gasteiger charge is 2.21. The van der Waals surface area contributed by atoms with Crippen LogP contribution in [0.3, 0.4) is 0 Å². The molecule has 0 spiro atoms. The topological polar surface area (TPSA) is 46.5 Å². The normalized spacial score (nSPS) is 13.8. The molecular weight excluding hydrogens is 228 g/mol. The van der Waals surface area contributed by atoms with Gasteiger partial charge in [0.05, 0.1) is 11.7 Å². The summed E-state index contributed by atoms with van der Waals surface area (Å²) in [5.74, 6) is -0.543. The Morgan fingerprint density at radius 1 is 1.50 bits per heavy atom. The zero-order valence-corrected chi connectivity index (χ0v) is 11.1. The molecule has 1 N–H and O–H groups in total. The fourth-order valence-corrected chi connectivity index (χ4v) is 1.49. The molecule has 1 aromatic carbocycles. The first-order chi connectivity index (χ1) is 8.45. The fraction of sp³-hybridized carbons (Fsp3) is 0.400. The second-order valence-electron chi connectivity index (χ2n) is 4.47. The number of esters is 1. The predicted octanol–water partition coefficient (Wildman–Crippen LogP) is 2.93. The molecule has 0 fully saturated rings. The third-order valence-electron chi connectivity index (χ3n) is 2.83. The van der Waals surface area contributed by atoms with Gasteiger partial charge >= 0.3 is 5.97 Å². The predicted molar refractivity (Wildman–Crippen MR) is 71.1 cm³/mol. The van der Waals surface area contributed by atoms with Gasteiger partial charge in [0.2, 0.25) is 0 Å². The van der Waals surface area contributed by atoms with Gasteiger partial charge in [0.25, 0.3) is 0 Å². The van der Waals surface area contributed by atoms with E-state index in [2.05, 4.69) is 6.58 Å². The molecule has 2 unspecified atom stereocenters. The van der Waals surface area contributed by atoms with Crippen molar-refractivity contribution in [1.29, 1.82) is 0 Å². The average Bonchev–Trinajstić information content (AvgIpc) is 2.36. The van der Waals surface area contributed by atoms with Crippen molar-refractivity contribution in [2.24, 2.45) is 0 Å². The quantitative estimate of drug-likeness (QED) is 0.643. The molecule has 0 aliphatic carbocycles. The SMILES string of the molecule is C=C(C(=O)OC(C)CC)C(O)c1cccc(C)c1. The Kier molecular flexibility index (Phi) is 5.10. The van der Waals surface area contributed by atoms with Crippen LogP contribution >= 0.6 is 0 Å². The molecular formula is C15H20O3. The molecule has 3 heteroatoms. The monoisotopic (exact) mass is 248 g/mol. The summed E-state index contributed by atoms with van der Waals surface area (Å²) in [6.45, 7) is 9.29. The van der Waals surface area contributed by atoms with E-state index in [1.54, 1.807) is 6.07 Å². The maximum Gasteiger partial charge on any atom is 0.336 e. The Bertz CT molecular complexity index is 437. The molecule has 2 atom stereocenters. The molecule has 0 aliphatic heterocycles. The van der Waals surface area contributed by atoms with Crippen molar-refractivity contribution < 1.29 is 14.6 Å². The Morgan fingerprint density at radius 2 is 2.17 bits per heavy atom. The minimum Gasteiger partial charge on any atom is -0.459 e. The lowest BCUT2D eigenvalue weighted by atomic mass is 10.0. The molecule has 18 heavy (non-hydrogen) atoms. The van der Waals surface area contributed by atoms with Gasteiger partial charge in [0.1, 0.15) is 6.10 Å². The standard InChI is InChI=1S/C15H20O3/c1-5-11(3)18-15(17)12(4)14(16)13-8-6-7-10(2)9-13/h6-9,11,14,16H,4-5H2,1-3H3. The van der Waals surface area contributed by atoms with Crippen molar-refractivity contribution in [1.82, 2.24) is 0 Å². The third-order valence-corrected chi connectivity index (χ3v) is 2.83. The number of carbonyl (C=O) groups is 1. The summed E-state index contributed by atoms with van der Waals surface area (Å²) in [5.41, 5.74) is 1.75. The highest BCUT2D eigenvalue weighted by atomic mass is 16.5. The molecule has 1 aromatic rings. The van der Waals surface area contributed by atoms with Crippen LogP contribution in [0.15, 0.2) is 36.4 Å². The van der Waals surface area contributed by atoms with Crippen LogP contribution in [0.4, 0.5) is 0 Å². The summed E-state index contributed by atoms with van der Waals surface area (Å²) < 4.78 is 5.14. The van der Waals surface area contributed by atoms with Gasteiger partial charge in [-0.2, -0.15) is 0 Å². The fourth-order valence-electron chi connectivity index (χ4n) is 1.49. The molecule has 3 nitrogen and oxygen atoms in total. The molecule has 98 valence electrons. The highest BCUT2D eigenvalue weighted by Crippen LogP contribution is 2.22. The number of hydrogen-bond donors (Lipinski definition) is 1. The van der Waals surface area contributed by atoms with Gasteiger partial charge in [0.15, 0.2) is 0 Å². The number of hydrogen-bond acceptors (Lipinski definition) is 3. The highest BCUT2D eigenvalue weighted by molar-refractivity contribution is 5.89. The molecule has 1 rings (SSSR count). The van der Waals surface area contributed by atoms with Crippen molar-refractivity contribution >= 4 is 5.97 Å². The van der Waals surface area contributed by atoms with E-state index < -0.39 is 12.1 Å². The Hall–Kier alpha value is -1.61. The summed E-state index contributed by atoms with van der Waals surface area (Å²) in [7, 11) is 0.